The van der Waals surface area contributed by atoms with Crippen LogP contribution in [0.1, 0.15) is 129 Å². The normalized spacial score (nSPS) is 16.9. The molecule has 1 unspecified atom stereocenters. The summed E-state index contributed by atoms with van der Waals surface area (Å²) < 4.78 is 0. The first-order valence-corrected chi connectivity index (χ1v) is 11.6. The Kier molecular flexibility index (Phi) is 15.2. The van der Waals surface area contributed by atoms with E-state index < -0.39 is 0 Å². The van der Waals surface area contributed by atoms with Crippen molar-refractivity contribution in [2.45, 2.75) is 135 Å². The first kappa shape index (κ1) is 22.5. The van der Waals surface area contributed by atoms with Gasteiger partial charge in [-0.1, -0.05) is 110 Å². The monoisotopic (exact) mass is 350 g/mol. The Morgan fingerprint density at radius 2 is 1.08 bits per heavy atom. The van der Waals surface area contributed by atoms with Crippen LogP contribution in [0.5, 0.6) is 0 Å². The van der Waals surface area contributed by atoms with Gasteiger partial charge in [0.25, 0.3) is 0 Å². The Labute approximate surface area is 158 Å². The van der Waals surface area contributed by atoms with Gasteiger partial charge >= 0.3 is 0 Å². The molecule has 25 heavy (non-hydrogen) atoms. The second-order valence-electron chi connectivity index (χ2n) is 8.24. The van der Waals surface area contributed by atoms with Crippen LogP contribution < -0.4 is 5.32 Å². The predicted molar refractivity (Wildman–Crippen MR) is 114 cm³/mol. The Morgan fingerprint density at radius 1 is 0.680 bits per heavy atom. The van der Waals surface area contributed by atoms with Crippen LogP contribution in [0.3, 0.4) is 0 Å². The van der Waals surface area contributed by atoms with E-state index in [-0.39, 0.29) is 0 Å². The number of unbranched alkanes of at least 4 members (excludes halogenated alkanes) is 16. The maximum atomic E-state index is 4.53. The summed E-state index contributed by atoms with van der Waals surface area (Å²) in [4.78, 5) is 4.53. The predicted octanol–water partition coefficient (Wildman–Crippen LogP) is 7.42. The van der Waals surface area contributed by atoms with Crippen LogP contribution in [0.2, 0.25) is 0 Å². The lowest BCUT2D eigenvalue weighted by molar-refractivity contribution is 0.528. The van der Waals surface area contributed by atoms with Crippen molar-refractivity contribution in [1.29, 1.82) is 0 Å². The summed E-state index contributed by atoms with van der Waals surface area (Å²) in [5, 5.41) is 3.46. The highest BCUT2D eigenvalue weighted by molar-refractivity contribution is 5.83. The highest BCUT2D eigenvalue weighted by Crippen LogP contribution is 2.14. The van der Waals surface area contributed by atoms with Crippen molar-refractivity contribution in [3.05, 3.63) is 0 Å². The number of amidine groups is 1. The third-order valence-corrected chi connectivity index (χ3v) is 5.49. The summed E-state index contributed by atoms with van der Waals surface area (Å²) in [6.45, 7) is 5.49. The van der Waals surface area contributed by atoms with Crippen LogP contribution in [0.4, 0.5) is 0 Å². The minimum Gasteiger partial charge on any atom is -0.370 e. The molecule has 0 aromatic heterocycles. The summed E-state index contributed by atoms with van der Waals surface area (Å²) in [7, 11) is 0. The van der Waals surface area contributed by atoms with Crippen molar-refractivity contribution in [1.82, 2.24) is 5.32 Å². The van der Waals surface area contributed by atoms with Crippen molar-refractivity contribution in [2.24, 2.45) is 4.99 Å². The van der Waals surface area contributed by atoms with Gasteiger partial charge in [-0.15, -0.1) is 0 Å². The van der Waals surface area contributed by atoms with Crippen LogP contribution in [0, 0.1) is 0 Å². The highest BCUT2D eigenvalue weighted by atomic mass is 15.1. The SMILES string of the molecule is CCCCCCCCCCCCCCCCCCCC1=NCC(C)N1. The van der Waals surface area contributed by atoms with Crippen LogP contribution in [0.15, 0.2) is 4.99 Å². The molecule has 1 atom stereocenters. The van der Waals surface area contributed by atoms with E-state index in [1.807, 2.05) is 0 Å². The fourth-order valence-corrected chi connectivity index (χ4v) is 3.79. The lowest BCUT2D eigenvalue weighted by Crippen LogP contribution is -2.26. The van der Waals surface area contributed by atoms with Crippen LogP contribution in [-0.4, -0.2) is 18.4 Å². The zero-order valence-electron chi connectivity index (χ0n) is 17.5. The number of hydrogen-bond acceptors (Lipinski definition) is 2. The zero-order chi connectivity index (χ0) is 18.0. The van der Waals surface area contributed by atoms with Crippen molar-refractivity contribution in [3.63, 3.8) is 0 Å². The molecule has 1 N–H and O–H groups in total. The number of hydrogen-bond donors (Lipinski definition) is 1. The number of rotatable bonds is 18. The molecule has 0 fully saturated rings. The minimum absolute atomic E-state index is 0.570. The van der Waals surface area contributed by atoms with Gasteiger partial charge in [0, 0.05) is 12.5 Å². The number of nitrogens with zero attached hydrogens (tertiary/aromatic N) is 1. The van der Waals surface area contributed by atoms with Crippen molar-refractivity contribution < 1.29 is 0 Å². The summed E-state index contributed by atoms with van der Waals surface area (Å²) >= 11 is 0. The molecule has 0 radical (unpaired) electrons. The van der Waals surface area contributed by atoms with Gasteiger partial charge in [-0.3, -0.25) is 4.99 Å². The molecule has 148 valence electrons. The van der Waals surface area contributed by atoms with E-state index in [4.69, 9.17) is 0 Å². The van der Waals surface area contributed by atoms with E-state index in [1.54, 1.807) is 0 Å². The Balaban J connectivity index is 1.67. The molecule has 0 bridgehead atoms. The van der Waals surface area contributed by atoms with Crippen LogP contribution in [-0.2, 0) is 0 Å². The van der Waals surface area contributed by atoms with E-state index in [2.05, 4.69) is 24.2 Å². The molecule has 0 spiro atoms. The van der Waals surface area contributed by atoms with E-state index in [0.717, 1.165) is 6.54 Å². The number of nitrogens with one attached hydrogen (secondary N) is 1. The molecule has 0 saturated carbocycles. The summed E-state index contributed by atoms with van der Waals surface area (Å²) in [5.74, 6) is 1.26. The molecule has 0 aromatic rings. The Morgan fingerprint density at radius 3 is 1.44 bits per heavy atom. The third kappa shape index (κ3) is 14.3. The molecule has 1 heterocycles. The molecule has 0 saturated heterocycles. The average molecular weight is 351 g/mol. The smallest absolute Gasteiger partial charge is 0.0966 e. The minimum atomic E-state index is 0.570. The summed E-state index contributed by atoms with van der Waals surface area (Å²) in [5.41, 5.74) is 0. The molecule has 1 rings (SSSR count). The fourth-order valence-electron chi connectivity index (χ4n) is 3.79. The topological polar surface area (TPSA) is 24.4 Å². The lowest BCUT2D eigenvalue weighted by atomic mass is 10.0. The van der Waals surface area contributed by atoms with Gasteiger partial charge in [0.2, 0.25) is 0 Å². The molecular formula is C23H46N2. The zero-order valence-corrected chi connectivity index (χ0v) is 17.5. The highest BCUT2D eigenvalue weighted by Gasteiger charge is 2.11. The van der Waals surface area contributed by atoms with E-state index in [1.165, 1.54) is 121 Å². The quantitative estimate of drug-likeness (QED) is 0.255. The molecule has 0 aliphatic carbocycles. The third-order valence-electron chi connectivity index (χ3n) is 5.49. The largest absolute Gasteiger partial charge is 0.370 e. The lowest BCUT2D eigenvalue weighted by Gasteiger charge is -2.06. The van der Waals surface area contributed by atoms with Gasteiger partial charge in [-0.25, -0.2) is 0 Å². The molecular weight excluding hydrogens is 304 g/mol. The van der Waals surface area contributed by atoms with E-state index in [9.17, 15) is 0 Å². The standard InChI is InChI=1S/C23H46N2/c1-3-4-5-6-7-8-9-10-11-12-13-14-15-16-17-18-19-20-23-24-21-22(2)25-23/h22H,3-21H2,1-2H3,(H,24,25). The van der Waals surface area contributed by atoms with Gasteiger partial charge in [0.15, 0.2) is 0 Å². The van der Waals surface area contributed by atoms with Gasteiger partial charge in [0.1, 0.15) is 0 Å². The number of aliphatic imine (C=N–C) groups is 1. The second kappa shape index (κ2) is 16.9. The molecule has 0 aromatic carbocycles. The molecule has 1 aliphatic rings. The second-order valence-corrected chi connectivity index (χ2v) is 8.24. The van der Waals surface area contributed by atoms with Crippen LogP contribution in [0.25, 0.3) is 0 Å². The fraction of sp³-hybridized carbons (Fsp3) is 0.957. The van der Waals surface area contributed by atoms with Gasteiger partial charge in [-0.05, 0) is 13.3 Å². The molecule has 0 amide bonds. The van der Waals surface area contributed by atoms with Gasteiger partial charge in [0.05, 0.1) is 12.4 Å². The average Bonchev–Trinajstić information content (AvgIpc) is 3.03. The van der Waals surface area contributed by atoms with E-state index in [0.29, 0.717) is 6.04 Å². The maximum absolute atomic E-state index is 4.53. The molecule has 1 aliphatic heterocycles. The van der Waals surface area contributed by atoms with Crippen molar-refractivity contribution in [2.75, 3.05) is 6.54 Å². The molecule has 2 nitrogen and oxygen atoms in total. The molecule has 2 heteroatoms. The Bertz CT molecular complexity index is 311. The maximum Gasteiger partial charge on any atom is 0.0966 e. The first-order valence-electron chi connectivity index (χ1n) is 11.6. The Hall–Kier alpha value is -0.530. The van der Waals surface area contributed by atoms with Gasteiger partial charge in [-0.2, -0.15) is 0 Å². The summed E-state index contributed by atoms with van der Waals surface area (Å²) in [6, 6.07) is 0.570. The van der Waals surface area contributed by atoms with Crippen molar-refractivity contribution in [3.8, 4) is 0 Å². The van der Waals surface area contributed by atoms with E-state index >= 15 is 0 Å². The van der Waals surface area contributed by atoms with Crippen LogP contribution >= 0.6 is 0 Å². The summed E-state index contributed by atoms with van der Waals surface area (Å²) in [6.07, 6.45) is 25.7. The first-order chi connectivity index (χ1) is 12.3. The van der Waals surface area contributed by atoms with Crippen molar-refractivity contribution >= 4 is 5.84 Å². The van der Waals surface area contributed by atoms with Gasteiger partial charge < -0.3 is 5.32 Å².